The Morgan fingerprint density at radius 1 is 1.38 bits per heavy atom. The van der Waals surface area contributed by atoms with Crippen molar-refractivity contribution in [3.8, 4) is 6.01 Å². The number of ether oxygens (including phenoxy) is 1. The summed E-state index contributed by atoms with van der Waals surface area (Å²) in [6.07, 6.45) is -4.18. The van der Waals surface area contributed by atoms with E-state index in [4.69, 9.17) is 0 Å². The summed E-state index contributed by atoms with van der Waals surface area (Å²) in [5, 5.41) is 16.2. The number of likely N-dealkylation sites (tertiary alicyclic amines) is 1. The molecule has 0 radical (unpaired) electrons. The lowest BCUT2D eigenvalue weighted by Crippen LogP contribution is -2.40. The van der Waals surface area contributed by atoms with E-state index in [2.05, 4.69) is 25.1 Å². The molecular weight excluding hydrogens is 393 g/mol. The number of alkyl halides is 3. The lowest BCUT2D eigenvalue weighted by Gasteiger charge is -2.29. The second kappa shape index (κ2) is 6.92. The van der Waals surface area contributed by atoms with Crippen LogP contribution in [0.4, 0.5) is 23.8 Å². The van der Waals surface area contributed by atoms with E-state index in [1.807, 2.05) is 13.8 Å². The minimum Gasteiger partial charge on any atom is -0.465 e. The fourth-order valence-corrected chi connectivity index (χ4v) is 4.22. The predicted octanol–water partition coefficient (Wildman–Crippen LogP) is 2.95. The van der Waals surface area contributed by atoms with Crippen LogP contribution in [-0.2, 0) is 0 Å². The van der Waals surface area contributed by atoms with E-state index >= 15 is 0 Å². The average molecular weight is 414 g/mol. The maximum Gasteiger partial charge on any atom is 0.575 e. The Labute approximate surface area is 163 Å². The third kappa shape index (κ3) is 3.87. The number of carboxylic acid groups (broad SMARTS) is 1. The SMILES string of the molecule is CC(C)c1cc(NC[C@@H]2CC3CC2CN3C(=O)O)n2nc(OC(F)(F)F)nc2n1. The molecule has 29 heavy (non-hydrogen) atoms. The van der Waals surface area contributed by atoms with Crippen molar-refractivity contribution in [2.24, 2.45) is 11.8 Å². The van der Waals surface area contributed by atoms with Crippen LogP contribution in [0.3, 0.4) is 0 Å². The number of nitrogens with one attached hydrogen (secondary N) is 1. The highest BCUT2D eigenvalue weighted by Crippen LogP contribution is 2.42. The Morgan fingerprint density at radius 2 is 2.14 bits per heavy atom. The van der Waals surface area contributed by atoms with Crippen molar-refractivity contribution >= 4 is 17.7 Å². The molecule has 3 atom stereocenters. The van der Waals surface area contributed by atoms with Crippen molar-refractivity contribution in [1.82, 2.24) is 24.5 Å². The summed E-state index contributed by atoms with van der Waals surface area (Å²) in [5.74, 6) is 1.07. The van der Waals surface area contributed by atoms with Crippen LogP contribution < -0.4 is 10.1 Å². The molecule has 2 aromatic heterocycles. The third-order valence-corrected chi connectivity index (χ3v) is 5.59. The number of halogens is 3. The quantitative estimate of drug-likeness (QED) is 0.775. The molecule has 2 fully saturated rings. The highest BCUT2D eigenvalue weighted by Gasteiger charge is 2.46. The first-order valence-electron chi connectivity index (χ1n) is 9.37. The van der Waals surface area contributed by atoms with Gasteiger partial charge in [0.25, 0.3) is 5.78 Å². The minimum absolute atomic E-state index is 0.0166. The number of hydrogen-bond acceptors (Lipinski definition) is 6. The van der Waals surface area contributed by atoms with Gasteiger partial charge in [-0.05, 0) is 30.6 Å². The zero-order valence-corrected chi connectivity index (χ0v) is 15.8. The third-order valence-electron chi connectivity index (χ3n) is 5.59. The summed E-state index contributed by atoms with van der Waals surface area (Å²) in [4.78, 5) is 20.7. The van der Waals surface area contributed by atoms with Crippen LogP contribution >= 0.6 is 0 Å². The molecule has 2 N–H and O–H groups in total. The van der Waals surface area contributed by atoms with Crippen molar-refractivity contribution < 1.29 is 27.8 Å². The second-order valence-electron chi connectivity index (χ2n) is 7.84. The first-order chi connectivity index (χ1) is 13.6. The number of amides is 1. The number of piperidine rings is 1. The number of hydrogen-bond donors (Lipinski definition) is 2. The zero-order valence-electron chi connectivity index (χ0n) is 15.8. The maximum atomic E-state index is 12.5. The second-order valence-corrected chi connectivity index (χ2v) is 7.84. The molecule has 0 aromatic carbocycles. The molecule has 9 nitrogen and oxygen atoms in total. The Morgan fingerprint density at radius 3 is 2.72 bits per heavy atom. The molecule has 2 bridgehead atoms. The van der Waals surface area contributed by atoms with Gasteiger partial charge in [-0.3, -0.25) is 0 Å². The van der Waals surface area contributed by atoms with Gasteiger partial charge in [-0.15, -0.1) is 18.3 Å². The first kappa shape index (κ1) is 19.5. The van der Waals surface area contributed by atoms with E-state index in [9.17, 15) is 23.1 Å². The van der Waals surface area contributed by atoms with Crippen molar-refractivity contribution in [3.05, 3.63) is 11.8 Å². The van der Waals surface area contributed by atoms with Gasteiger partial charge in [-0.2, -0.15) is 9.50 Å². The van der Waals surface area contributed by atoms with Crippen LogP contribution in [0.15, 0.2) is 6.07 Å². The fourth-order valence-electron chi connectivity index (χ4n) is 4.22. The summed E-state index contributed by atoms with van der Waals surface area (Å²) in [5.41, 5.74) is 0.663. The molecule has 4 rings (SSSR count). The summed E-state index contributed by atoms with van der Waals surface area (Å²) in [6, 6.07) is 0.956. The van der Waals surface area contributed by atoms with Crippen molar-refractivity contribution in [2.75, 3.05) is 18.4 Å². The van der Waals surface area contributed by atoms with E-state index in [1.165, 1.54) is 9.42 Å². The lowest BCUT2D eigenvalue weighted by atomic mass is 9.94. The van der Waals surface area contributed by atoms with Crippen LogP contribution in [0.5, 0.6) is 6.01 Å². The van der Waals surface area contributed by atoms with Gasteiger partial charge in [0, 0.05) is 25.2 Å². The Bertz CT molecular complexity index is 931. The summed E-state index contributed by atoms with van der Waals surface area (Å²) in [7, 11) is 0. The molecule has 1 saturated carbocycles. The van der Waals surface area contributed by atoms with Gasteiger partial charge < -0.3 is 20.1 Å². The highest BCUT2D eigenvalue weighted by molar-refractivity contribution is 5.66. The van der Waals surface area contributed by atoms with E-state index in [0.29, 0.717) is 24.6 Å². The molecule has 2 aromatic rings. The Hall–Kier alpha value is -2.79. The molecule has 1 saturated heterocycles. The van der Waals surface area contributed by atoms with Gasteiger partial charge in [0.05, 0.1) is 5.69 Å². The molecule has 2 aliphatic rings. The van der Waals surface area contributed by atoms with Crippen molar-refractivity contribution in [2.45, 2.75) is 45.0 Å². The summed E-state index contributed by atoms with van der Waals surface area (Å²) >= 11 is 0. The van der Waals surface area contributed by atoms with Crippen LogP contribution in [0, 0.1) is 11.8 Å². The standard InChI is InChI=1S/C17H21F3N6O3/c1-8(2)12-5-13(26-14(22-12)23-15(24-26)29-17(18,19)20)21-6-9-3-11-4-10(9)7-25(11)16(27)28/h5,8-11,21H,3-4,6-7H2,1-2H3,(H,27,28)/t9-,10?,11?/m0/s1. The molecular formula is C17H21F3N6O3. The van der Waals surface area contributed by atoms with E-state index in [-0.39, 0.29) is 29.6 Å². The predicted molar refractivity (Wildman–Crippen MR) is 94.8 cm³/mol. The van der Waals surface area contributed by atoms with Crippen molar-refractivity contribution in [3.63, 3.8) is 0 Å². The molecule has 12 heteroatoms. The Balaban J connectivity index is 1.54. The molecule has 3 heterocycles. The van der Waals surface area contributed by atoms with E-state index in [1.54, 1.807) is 6.07 Å². The van der Waals surface area contributed by atoms with Gasteiger partial charge in [0.1, 0.15) is 5.82 Å². The van der Waals surface area contributed by atoms with Gasteiger partial charge in [-0.25, -0.2) is 9.78 Å². The normalized spacial score (nSPS) is 23.9. The minimum atomic E-state index is -4.89. The molecule has 1 amide bonds. The number of anilines is 1. The summed E-state index contributed by atoms with van der Waals surface area (Å²) in [6.45, 7) is 4.91. The topological polar surface area (TPSA) is 105 Å². The van der Waals surface area contributed by atoms with E-state index in [0.717, 1.165) is 12.8 Å². The number of nitrogens with zero attached hydrogens (tertiary/aromatic N) is 5. The lowest BCUT2D eigenvalue weighted by molar-refractivity contribution is -0.277. The van der Waals surface area contributed by atoms with E-state index < -0.39 is 18.5 Å². The fraction of sp³-hybridized carbons (Fsp3) is 0.647. The maximum absolute atomic E-state index is 12.5. The van der Waals surface area contributed by atoms with Crippen molar-refractivity contribution in [1.29, 1.82) is 0 Å². The molecule has 0 spiro atoms. The monoisotopic (exact) mass is 414 g/mol. The average Bonchev–Trinajstić information content (AvgIpc) is 3.30. The van der Waals surface area contributed by atoms with Crippen LogP contribution in [0.1, 0.15) is 38.3 Å². The van der Waals surface area contributed by atoms with Crippen LogP contribution in [-0.4, -0.2) is 61.2 Å². The van der Waals surface area contributed by atoms with Crippen LogP contribution in [0.2, 0.25) is 0 Å². The Kier molecular flexibility index (Phi) is 4.66. The number of aromatic nitrogens is 4. The number of rotatable bonds is 5. The van der Waals surface area contributed by atoms with Gasteiger partial charge >= 0.3 is 18.5 Å². The molecule has 1 aliphatic heterocycles. The summed E-state index contributed by atoms with van der Waals surface area (Å²) < 4.78 is 42.6. The first-order valence-corrected chi connectivity index (χ1v) is 9.37. The highest BCUT2D eigenvalue weighted by atomic mass is 19.4. The van der Waals surface area contributed by atoms with Gasteiger partial charge in [-0.1, -0.05) is 13.8 Å². The van der Waals surface area contributed by atoms with Gasteiger partial charge in [0.2, 0.25) is 0 Å². The smallest absolute Gasteiger partial charge is 0.465 e. The molecule has 2 unspecified atom stereocenters. The van der Waals surface area contributed by atoms with Crippen LogP contribution in [0.25, 0.3) is 5.78 Å². The largest absolute Gasteiger partial charge is 0.575 e. The number of carbonyl (C=O) groups is 1. The molecule has 1 aliphatic carbocycles. The number of fused-ring (bicyclic) bond motifs is 3. The zero-order chi connectivity index (χ0) is 20.9. The molecule has 158 valence electrons. The van der Waals surface area contributed by atoms with Gasteiger partial charge in [0.15, 0.2) is 0 Å².